The summed E-state index contributed by atoms with van der Waals surface area (Å²) in [6.45, 7) is 4.86. The number of nitrogens with zero attached hydrogens (tertiary/aromatic N) is 4. The summed E-state index contributed by atoms with van der Waals surface area (Å²) >= 11 is 5.97. The van der Waals surface area contributed by atoms with E-state index in [0.29, 0.717) is 0 Å². The second kappa shape index (κ2) is 10.6. The molecule has 1 aliphatic heterocycles. The SMILES string of the molecule is CCCC1N(CCN(C)CCc2ccc(Cl)cc2)N=C(CO)N1c1ccccc1. The first-order valence-electron chi connectivity index (χ1n) is 10.3. The van der Waals surface area contributed by atoms with E-state index in [1.807, 2.05) is 30.3 Å². The van der Waals surface area contributed by atoms with E-state index in [-0.39, 0.29) is 12.8 Å². The van der Waals surface area contributed by atoms with E-state index in [4.69, 9.17) is 16.7 Å². The molecular weight excluding hydrogens is 384 g/mol. The summed E-state index contributed by atoms with van der Waals surface area (Å²) in [4.78, 5) is 4.51. The van der Waals surface area contributed by atoms with Gasteiger partial charge in [-0.1, -0.05) is 55.3 Å². The topological polar surface area (TPSA) is 42.3 Å². The Hall–Kier alpha value is -2.08. The van der Waals surface area contributed by atoms with Gasteiger partial charge in [-0.3, -0.25) is 5.01 Å². The molecule has 1 aliphatic rings. The quantitative estimate of drug-likeness (QED) is 0.636. The van der Waals surface area contributed by atoms with Crippen molar-refractivity contribution < 1.29 is 5.11 Å². The summed E-state index contributed by atoms with van der Waals surface area (Å²) in [7, 11) is 2.15. The van der Waals surface area contributed by atoms with Gasteiger partial charge in [0, 0.05) is 23.8 Å². The molecule has 156 valence electrons. The van der Waals surface area contributed by atoms with Crippen LogP contribution >= 0.6 is 11.6 Å². The molecule has 29 heavy (non-hydrogen) atoms. The van der Waals surface area contributed by atoms with E-state index in [1.54, 1.807) is 0 Å². The Morgan fingerprint density at radius 3 is 2.45 bits per heavy atom. The van der Waals surface area contributed by atoms with Crippen LogP contribution in [0, 0.1) is 0 Å². The van der Waals surface area contributed by atoms with Crippen LogP contribution in [0.3, 0.4) is 0 Å². The number of aliphatic hydroxyl groups excluding tert-OH is 1. The maximum Gasteiger partial charge on any atom is 0.157 e. The highest BCUT2D eigenvalue weighted by atomic mass is 35.5. The van der Waals surface area contributed by atoms with Crippen LogP contribution in [0.2, 0.25) is 5.02 Å². The van der Waals surface area contributed by atoms with Gasteiger partial charge in [0.25, 0.3) is 0 Å². The molecule has 0 bridgehead atoms. The molecule has 0 spiro atoms. The first-order valence-corrected chi connectivity index (χ1v) is 10.7. The summed E-state index contributed by atoms with van der Waals surface area (Å²) < 4.78 is 0. The normalized spacial score (nSPS) is 16.6. The van der Waals surface area contributed by atoms with Crippen LogP contribution in [-0.2, 0) is 6.42 Å². The Labute approximate surface area is 179 Å². The number of halogens is 1. The van der Waals surface area contributed by atoms with Crippen molar-refractivity contribution in [1.29, 1.82) is 0 Å². The van der Waals surface area contributed by atoms with Crippen molar-refractivity contribution in [3.8, 4) is 0 Å². The second-order valence-corrected chi connectivity index (χ2v) is 7.93. The maximum absolute atomic E-state index is 9.89. The predicted octanol–water partition coefficient (Wildman–Crippen LogP) is 4.07. The van der Waals surface area contributed by atoms with Crippen molar-refractivity contribution in [3.63, 3.8) is 0 Å². The average molecular weight is 415 g/mol. The van der Waals surface area contributed by atoms with Gasteiger partial charge in [-0.2, -0.15) is 5.10 Å². The number of amidine groups is 1. The zero-order chi connectivity index (χ0) is 20.6. The van der Waals surface area contributed by atoms with E-state index in [2.05, 4.69) is 53.0 Å². The highest BCUT2D eigenvalue weighted by Crippen LogP contribution is 2.27. The van der Waals surface area contributed by atoms with Crippen molar-refractivity contribution in [3.05, 3.63) is 65.2 Å². The third kappa shape index (κ3) is 5.72. The minimum atomic E-state index is -0.0575. The number of aliphatic hydroxyl groups is 1. The number of hydrazone groups is 1. The van der Waals surface area contributed by atoms with Crippen LogP contribution in [0.4, 0.5) is 5.69 Å². The molecule has 3 rings (SSSR count). The van der Waals surface area contributed by atoms with Crippen molar-refractivity contribution >= 4 is 23.1 Å². The van der Waals surface area contributed by atoms with Crippen molar-refractivity contribution in [2.75, 3.05) is 38.2 Å². The standard InChI is InChI=1S/C23H31ClN4O/c1-3-7-23-27(25-22(18-29)28(23)21-8-5-4-6-9-21)17-16-26(2)15-14-19-10-12-20(24)13-11-19/h4-6,8-13,23,29H,3,7,14-18H2,1-2H3. The largest absolute Gasteiger partial charge is 0.388 e. The molecule has 1 atom stereocenters. The minimum Gasteiger partial charge on any atom is -0.388 e. The van der Waals surface area contributed by atoms with Crippen molar-refractivity contribution in [2.24, 2.45) is 5.10 Å². The molecule has 0 aromatic heterocycles. The summed E-state index contributed by atoms with van der Waals surface area (Å²) in [6.07, 6.45) is 3.20. The molecule has 5 nitrogen and oxygen atoms in total. The van der Waals surface area contributed by atoms with Gasteiger partial charge < -0.3 is 14.9 Å². The fraction of sp³-hybridized carbons (Fsp3) is 0.435. The van der Waals surface area contributed by atoms with Crippen LogP contribution in [0.15, 0.2) is 59.7 Å². The molecule has 1 heterocycles. The number of hydrogen-bond donors (Lipinski definition) is 1. The lowest BCUT2D eigenvalue weighted by Crippen LogP contribution is -2.45. The molecule has 0 fully saturated rings. The molecule has 0 saturated carbocycles. The van der Waals surface area contributed by atoms with Crippen LogP contribution in [0.25, 0.3) is 0 Å². The zero-order valence-electron chi connectivity index (χ0n) is 17.3. The van der Waals surface area contributed by atoms with E-state index < -0.39 is 0 Å². The molecular formula is C23H31ClN4O. The smallest absolute Gasteiger partial charge is 0.157 e. The lowest BCUT2D eigenvalue weighted by Gasteiger charge is -2.32. The Morgan fingerprint density at radius 1 is 1.07 bits per heavy atom. The molecule has 0 amide bonds. The highest BCUT2D eigenvalue weighted by molar-refractivity contribution is 6.30. The fourth-order valence-corrected chi connectivity index (χ4v) is 3.80. The first kappa shape index (κ1) is 21.6. The predicted molar refractivity (Wildman–Crippen MR) is 121 cm³/mol. The number of likely N-dealkylation sites (N-methyl/N-ethyl adjacent to an activating group) is 1. The molecule has 2 aromatic carbocycles. The molecule has 0 aliphatic carbocycles. The van der Waals surface area contributed by atoms with E-state index in [0.717, 1.165) is 55.4 Å². The number of benzene rings is 2. The Balaban J connectivity index is 1.59. The monoisotopic (exact) mass is 414 g/mol. The van der Waals surface area contributed by atoms with Gasteiger partial charge in [-0.05, 0) is 49.7 Å². The highest BCUT2D eigenvalue weighted by Gasteiger charge is 2.33. The third-order valence-electron chi connectivity index (χ3n) is 5.29. The van der Waals surface area contributed by atoms with E-state index in [9.17, 15) is 5.11 Å². The summed E-state index contributed by atoms with van der Waals surface area (Å²) in [5.74, 6) is 0.721. The van der Waals surface area contributed by atoms with Gasteiger partial charge in [0.1, 0.15) is 12.8 Å². The van der Waals surface area contributed by atoms with Gasteiger partial charge in [0.2, 0.25) is 0 Å². The molecule has 2 aromatic rings. The van der Waals surface area contributed by atoms with Gasteiger partial charge in [-0.15, -0.1) is 0 Å². The number of hydrogen-bond acceptors (Lipinski definition) is 5. The summed E-state index contributed by atoms with van der Waals surface area (Å²) in [6, 6.07) is 18.3. The second-order valence-electron chi connectivity index (χ2n) is 7.49. The van der Waals surface area contributed by atoms with Gasteiger partial charge in [0.15, 0.2) is 5.84 Å². The lowest BCUT2D eigenvalue weighted by molar-refractivity contribution is 0.189. The Bertz CT molecular complexity index is 781. The zero-order valence-corrected chi connectivity index (χ0v) is 18.1. The fourth-order valence-electron chi connectivity index (χ4n) is 3.68. The average Bonchev–Trinajstić information content (AvgIpc) is 3.10. The van der Waals surface area contributed by atoms with Crippen molar-refractivity contribution in [2.45, 2.75) is 32.4 Å². The summed E-state index contributed by atoms with van der Waals surface area (Å²) in [5.41, 5.74) is 2.37. The molecule has 1 unspecified atom stereocenters. The number of para-hydroxylation sites is 1. The Morgan fingerprint density at radius 2 is 1.79 bits per heavy atom. The van der Waals surface area contributed by atoms with Gasteiger partial charge >= 0.3 is 0 Å². The van der Waals surface area contributed by atoms with Crippen LogP contribution in [0.5, 0.6) is 0 Å². The first-order chi connectivity index (χ1) is 14.1. The van der Waals surface area contributed by atoms with Gasteiger partial charge in [-0.25, -0.2) is 0 Å². The minimum absolute atomic E-state index is 0.0575. The molecule has 6 heteroatoms. The Kier molecular flexibility index (Phi) is 7.92. The molecule has 0 saturated heterocycles. The van der Waals surface area contributed by atoms with Crippen LogP contribution in [0.1, 0.15) is 25.3 Å². The molecule has 1 N–H and O–H groups in total. The van der Waals surface area contributed by atoms with E-state index >= 15 is 0 Å². The number of rotatable bonds is 10. The van der Waals surface area contributed by atoms with Crippen LogP contribution < -0.4 is 4.90 Å². The molecule has 0 radical (unpaired) electrons. The van der Waals surface area contributed by atoms with E-state index in [1.165, 1.54) is 5.56 Å². The maximum atomic E-state index is 9.89. The lowest BCUT2D eigenvalue weighted by atomic mass is 10.1. The van der Waals surface area contributed by atoms with Crippen molar-refractivity contribution in [1.82, 2.24) is 9.91 Å². The number of anilines is 1. The summed E-state index contributed by atoms with van der Waals surface area (Å²) in [5, 5.41) is 17.6. The van der Waals surface area contributed by atoms with Crippen LogP contribution in [-0.4, -0.2) is 60.3 Å². The van der Waals surface area contributed by atoms with Gasteiger partial charge in [0.05, 0.1) is 6.54 Å². The third-order valence-corrected chi connectivity index (χ3v) is 5.54.